The fourth-order valence-corrected chi connectivity index (χ4v) is 3.04. The number of hydrogen-bond donors (Lipinski definition) is 1. The van der Waals surface area contributed by atoms with Gasteiger partial charge in [0.1, 0.15) is 0 Å². The van der Waals surface area contributed by atoms with Gasteiger partial charge >= 0.3 is 0 Å². The van der Waals surface area contributed by atoms with Crippen molar-refractivity contribution in [3.05, 3.63) is 0 Å². The summed E-state index contributed by atoms with van der Waals surface area (Å²) in [5.41, 5.74) is 0. The van der Waals surface area contributed by atoms with E-state index >= 15 is 0 Å². The molecule has 1 unspecified atom stereocenters. The molecule has 2 fully saturated rings. The summed E-state index contributed by atoms with van der Waals surface area (Å²) < 4.78 is 0. The van der Waals surface area contributed by atoms with Crippen molar-refractivity contribution in [2.75, 3.05) is 51.3 Å². The molecule has 0 bridgehead atoms. The normalized spacial score (nSPS) is 26.4. The lowest BCUT2D eigenvalue weighted by molar-refractivity contribution is -0.129. The molecule has 2 aliphatic heterocycles. The van der Waals surface area contributed by atoms with Crippen molar-refractivity contribution in [2.24, 2.45) is 0 Å². The molecule has 98 valence electrons. The zero-order valence-corrected chi connectivity index (χ0v) is 11.5. The first-order valence-electron chi connectivity index (χ1n) is 6.52. The highest BCUT2D eigenvalue weighted by atomic mass is 32.2. The van der Waals surface area contributed by atoms with Crippen LogP contribution < -0.4 is 5.32 Å². The quantitative estimate of drug-likeness (QED) is 0.783. The number of hydrogen-bond acceptors (Lipinski definition) is 4. The van der Waals surface area contributed by atoms with Crippen LogP contribution in [0.5, 0.6) is 0 Å². The van der Waals surface area contributed by atoms with Crippen molar-refractivity contribution >= 4 is 17.7 Å². The van der Waals surface area contributed by atoms with E-state index < -0.39 is 0 Å². The van der Waals surface area contributed by atoms with Gasteiger partial charge in [-0.05, 0) is 12.7 Å². The molecule has 2 saturated heterocycles. The molecule has 0 aromatic heterocycles. The van der Waals surface area contributed by atoms with E-state index in [0.29, 0.717) is 18.4 Å². The van der Waals surface area contributed by atoms with Crippen molar-refractivity contribution < 1.29 is 4.79 Å². The van der Waals surface area contributed by atoms with Crippen molar-refractivity contribution in [2.45, 2.75) is 18.9 Å². The lowest BCUT2D eigenvalue weighted by Crippen LogP contribution is -2.49. The van der Waals surface area contributed by atoms with Gasteiger partial charge in [0, 0.05) is 57.5 Å². The first-order chi connectivity index (χ1) is 8.31. The number of amides is 1. The van der Waals surface area contributed by atoms with Gasteiger partial charge in [0.05, 0.1) is 0 Å². The molecule has 17 heavy (non-hydrogen) atoms. The second-order valence-electron chi connectivity index (χ2n) is 4.81. The Hall–Kier alpha value is -0.260. The molecule has 1 amide bonds. The maximum atomic E-state index is 11.9. The maximum absolute atomic E-state index is 11.9. The van der Waals surface area contributed by atoms with Crippen LogP contribution in [0.15, 0.2) is 0 Å². The average molecular weight is 257 g/mol. The highest BCUT2D eigenvalue weighted by Crippen LogP contribution is 2.17. The van der Waals surface area contributed by atoms with Crippen LogP contribution in [0, 0.1) is 0 Å². The first kappa shape index (κ1) is 13.2. The summed E-state index contributed by atoms with van der Waals surface area (Å²) in [6.45, 7) is 6.37. The number of carbonyl (C=O) groups is 1. The van der Waals surface area contributed by atoms with E-state index in [2.05, 4.69) is 21.4 Å². The Morgan fingerprint density at radius 3 is 2.82 bits per heavy atom. The van der Waals surface area contributed by atoms with Crippen LogP contribution in [0.3, 0.4) is 0 Å². The van der Waals surface area contributed by atoms with Crippen LogP contribution in [-0.4, -0.2) is 73.0 Å². The molecule has 2 heterocycles. The molecular formula is C12H23N3OS. The number of thioether (sulfide) groups is 1. The minimum atomic E-state index is 0.344. The minimum absolute atomic E-state index is 0.344. The van der Waals surface area contributed by atoms with Crippen LogP contribution in [0.25, 0.3) is 0 Å². The number of nitrogens with one attached hydrogen (secondary N) is 1. The van der Waals surface area contributed by atoms with Crippen molar-refractivity contribution in [1.29, 1.82) is 0 Å². The Labute approximate surface area is 108 Å². The molecule has 4 nitrogen and oxygen atoms in total. The van der Waals surface area contributed by atoms with Crippen molar-refractivity contribution in [3.63, 3.8) is 0 Å². The second-order valence-corrected chi connectivity index (χ2v) is 5.80. The Morgan fingerprint density at radius 2 is 2.12 bits per heavy atom. The van der Waals surface area contributed by atoms with E-state index in [9.17, 15) is 4.79 Å². The highest BCUT2D eigenvalue weighted by Gasteiger charge is 2.30. The molecule has 0 aromatic carbocycles. The van der Waals surface area contributed by atoms with Gasteiger partial charge in [-0.3, -0.25) is 9.69 Å². The Balaban J connectivity index is 1.76. The van der Waals surface area contributed by atoms with E-state index in [1.807, 2.05) is 0 Å². The Morgan fingerprint density at radius 1 is 1.35 bits per heavy atom. The Bertz CT molecular complexity index is 256. The molecule has 0 radical (unpaired) electrons. The fourth-order valence-electron chi connectivity index (χ4n) is 2.66. The van der Waals surface area contributed by atoms with Gasteiger partial charge in [0.15, 0.2) is 0 Å². The molecule has 1 atom stereocenters. The highest BCUT2D eigenvalue weighted by molar-refractivity contribution is 7.98. The van der Waals surface area contributed by atoms with Crippen LogP contribution in [0.2, 0.25) is 0 Å². The topological polar surface area (TPSA) is 35.6 Å². The third-order valence-electron chi connectivity index (χ3n) is 3.70. The molecule has 0 aliphatic carbocycles. The van der Waals surface area contributed by atoms with Crippen LogP contribution >= 0.6 is 11.8 Å². The van der Waals surface area contributed by atoms with Crippen molar-refractivity contribution in [3.8, 4) is 0 Å². The summed E-state index contributed by atoms with van der Waals surface area (Å²) in [6, 6.07) is 0.607. The summed E-state index contributed by atoms with van der Waals surface area (Å²) >= 11 is 1.75. The van der Waals surface area contributed by atoms with Gasteiger partial charge in [-0.2, -0.15) is 11.8 Å². The van der Waals surface area contributed by atoms with Gasteiger partial charge in [0.2, 0.25) is 5.91 Å². The summed E-state index contributed by atoms with van der Waals surface area (Å²) in [7, 11) is 0. The second kappa shape index (κ2) is 6.61. The van der Waals surface area contributed by atoms with E-state index in [1.54, 1.807) is 11.8 Å². The fraction of sp³-hybridized carbons (Fsp3) is 0.917. The SMILES string of the molecule is CSCCC(=O)N1CCC(N2CCNCC2)C1. The van der Waals surface area contributed by atoms with Crippen LogP contribution in [0.4, 0.5) is 0 Å². The molecule has 2 aliphatic rings. The molecule has 0 saturated carbocycles. The lowest BCUT2D eigenvalue weighted by atomic mass is 10.2. The number of likely N-dealkylation sites (tertiary alicyclic amines) is 1. The average Bonchev–Trinajstić information content (AvgIpc) is 2.86. The largest absolute Gasteiger partial charge is 0.341 e. The molecule has 1 N–H and O–H groups in total. The molecule has 2 rings (SSSR count). The van der Waals surface area contributed by atoms with E-state index in [4.69, 9.17) is 0 Å². The van der Waals surface area contributed by atoms with Crippen LogP contribution in [-0.2, 0) is 4.79 Å². The lowest BCUT2D eigenvalue weighted by Gasteiger charge is -2.32. The van der Waals surface area contributed by atoms with Gasteiger partial charge in [-0.15, -0.1) is 0 Å². The molecule has 0 aromatic rings. The van der Waals surface area contributed by atoms with Gasteiger partial charge in [0.25, 0.3) is 0 Å². The van der Waals surface area contributed by atoms with E-state index in [0.717, 1.165) is 51.4 Å². The molecule has 5 heteroatoms. The predicted octanol–water partition coefficient (Wildman–Crippen LogP) is 0.246. The number of carbonyl (C=O) groups excluding carboxylic acids is 1. The number of nitrogens with zero attached hydrogens (tertiary/aromatic N) is 2. The van der Waals surface area contributed by atoms with E-state index in [1.165, 1.54) is 0 Å². The molecular weight excluding hydrogens is 234 g/mol. The third-order valence-corrected chi connectivity index (χ3v) is 4.32. The smallest absolute Gasteiger partial charge is 0.223 e. The summed E-state index contributed by atoms with van der Waals surface area (Å²) in [4.78, 5) is 16.5. The van der Waals surface area contributed by atoms with Gasteiger partial charge in [-0.1, -0.05) is 0 Å². The Kier molecular flexibility index (Phi) is 5.13. The summed E-state index contributed by atoms with van der Waals surface area (Å²) in [5, 5.41) is 3.38. The summed E-state index contributed by atoms with van der Waals surface area (Å²) in [5.74, 6) is 1.30. The van der Waals surface area contributed by atoms with Gasteiger partial charge < -0.3 is 10.2 Å². The van der Waals surface area contributed by atoms with E-state index in [-0.39, 0.29) is 0 Å². The third kappa shape index (κ3) is 3.60. The predicted molar refractivity (Wildman–Crippen MR) is 72.4 cm³/mol. The van der Waals surface area contributed by atoms with Crippen molar-refractivity contribution in [1.82, 2.24) is 15.1 Å². The monoisotopic (exact) mass is 257 g/mol. The zero-order chi connectivity index (χ0) is 12.1. The van der Waals surface area contributed by atoms with Gasteiger partial charge in [-0.25, -0.2) is 0 Å². The minimum Gasteiger partial charge on any atom is -0.341 e. The summed E-state index contributed by atoms with van der Waals surface area (Å²) in [6.07, 6.45) is 3.92. The molecule has 0 spiro atoms. The maximum Gasteiger partial charge on any atom is 0.223 e. The standard InChI is InChI=1S/C12H23N3OS/c1-17-9-3-12(16)15-6-2-11(10-15)14-7-4-13-5-8-14/h11,13H,2-10H2,1H3. The number of rotatable bonds is 4. The van der Waals surface area contributed by atoms with Crippen LogP contribution in [0.1, 0.15) is 12.8 Å². The first-order valence-corrected chi connectivity index (χ1v) is 7.92. The zero-order valence-electron chi connectivity index (χ0n) is 10.7. The number of piperazine rings is 1.